The zero-order valence-electron chi connectivity index (χ0n) is 9.84. The third kappa shape index (κ3) is 2.08. The van der Waals surface area contributed by atoms with Gasteiger partial charge in [0.15, 0.2) is 5.79 Å². The van der Waals surface area contributed by atoms with Gasteiger partial charge in [-0.05, 0) is 11.8 Å². The van der Waals surface area contributed by atoms with Crippen molar-refractivity contribution in [1.29, 1.82) is 0 Å². The smallest absolute Gasteiger partial charge is 0.175 e. The third-order valence-electron chi connectivity index (χ3n) is 3.51. The van der Waals surface area contributed by atoms with E-state index in [1.54, 1.807) is 0 Å². The van der Waals surface area contributed by atoms with Crippen LogP contribution in [0.4, 0.5) is 0 Å². The number of rotatable bonds is 0. The molecule has 0 aromatic heterocycles. The van der Waals surface area contributed by atoms with E-state index in [1.807, 2.05) is 0 Å². The maximum Gasteiger partial charge on any atom is 0.175 e. The molecule has 2 fully saturated rings. The highest BCUT2D eigenvalue weighted by molar-refractivity contribution is 5.83. The summed E-state index contributed by atoms with van der Waals surface area (Å²) in [7, 11) is 0. The van der Waals surface area contributed by atoms with Crippen molar-refractivity contribution in [2.45, 2.75) is 45.8 Å². The van der Waals surface area contributed by atoms with Gasteiger partial charge in [0.1, 0.15) is 5.78 Å². The average molecular weight is 212 g/mol. The predicted octanol–water partition coefficient (Wildman–Crippen LogP) is 2.14. The van der Waals surface area contributed by atoms with E-state index in [4.69, 9.17) is 9.47 Å². The zero-order chi connectivity index (χ0) is 11.1. The second kappa shape index (κ2) is 3.56. The van der Waals surface area contributed by atoms with Crippen LogP contribution in [-0.4, -0.2) is 24.8 Å². The maximum absolute atomic E-state index is 12.0. The molecule has 2 rings (SSSR count). The molecule has 2 aliphatic rings. The molecular weight excluding hydrogens is 192 g/mol. The van der Waals surface area contributed by atoms with Crippen molar-refractivity contribution >= 4 is 5.78 Å². The minimum atomic E-state index is -0.557. The van der Waals surface area contributed by atoms with Gasteiger partial charge < -0.3 is 9.47 Å². The highest BCUT2D eigenvalue weighted by atomic mass is 16.7. The monoisotopic (exact) mass is 212 g/mol. The van der Waals surface area contributed by atoms with E-state index in [1.165, 1.54) is 0 Å². The van der Waals surface area contributed by atoms with Gasteiger partial charge in [0.2, 0.25) is 0 Å². The van der Waals surface area contributed by atoms with Gasteiger partial charge in [-0.1, -0.05) is 20.8 Å². The molecule has 0 aromatic carbocycles. The van der Waals surface area contributed by atoms with Crippen LogP contribution >= 0.6 is 0 Å². The molecule has 86 valence electrons. The van der Waals surface area contributed by atoms with Crippen molar-refractivity contribution in [1.82, 2.24) is 0 Å². The fourth-order valence-electron chi connectivity index (χ4n) is 2.66. The Bertz CT molecular complexity index is 259. The average Bonchev–Trinajstić information content (AvgIpc) is 2.50. The van der Waals surface area contributed by atoms with Crippen molar-refractivity contribution in [2.24, 2.45) is 11.3 Å². The molecule has 0 N–H and O–H groups in total. The lowest BCUT2D eigenvalue weighted by molar-refractivity contribution is -0.189. The molecule has 15 heavy (non-hydrogen) atoms. The van der Waals surface area contributed by atoms with Crippen LogP contribution in [0.2, 0.25) is 0 Å². The van der Waals surface area contributed by atoms with Gasteiger partial charge in [0.05, 0.1) is 19.6 Å². The van der Waals surface area contributed by atoms with Gasteiger partial charge in [-0.2, -0.15) is 0 Å². The van der Waals surface area contributed by atoms with Crippen LogP contribution in [0.3, 0.4) is 0 Å². The maximum atomic E-state index is 12.0. The lowest BCUT2D eigenvalue weighted by atomic mass is 9.70. The molecule has 1 aliphatic carbocycles. The highest BCUT2D eigenvalue weighted by Gasteiger charge is 2.47. The van der Waals surface area contributed by atoms with Crippen LogP contribution in [0.15, 0.2) is 0 Å². The van der Waals surface area contributed by atoms with Gasteiger partial charge in [-0.15, -0.1) is 0 Å². The molecule has 0 unspecified atom stereocenters. The number of Topliss-reactive ketones (excluding diaryl/α,β-unsaturated/α-hetero) is 1. The largest absolute Gasteiger partial charge is 0.347 e. The summed E-state index contributed by atoms with van der Waals surface area (Å²) in [5.41, 5.74) is 0.0668. The van der Waals surface area contributed by atoms with E-state index in [-0.39, 0.29) is 11.3 Å². The summed E-state index contributed by atoms with van der Waals surface area (Å²) in [5.74, 6) is -0.0923. The second-order valence-corrected chi connectivity index (χ2v) is 5.71. The van der Waals surface area contributed by atoms with Gasteiger partial charge in [-0.25, -0.2) is 0 Å². The van der Waals surface area contributed by atoms with E-state index in [9.17, 15) is 4.79 Å². The molecule has 1 heterocycles. The summed E-state index contributed by atoms with van der Waals surface area (Å²) >= 11 is 0. The minimum Gasteiger partial charge on any atom is -0.347 e. The van der Waals surface area contributed by atoms with E-state index < -0.39 is 5.79 Å². The fraction of sp³-hybridized carbons (Fsp3) is 0.917. The van der Waals surface area contributed by atoms with Crippen molar-refractivity contribution in [2.75, 3.05) is 13.2 Å². The second-order valence-electron chi connectivity index (χ2n) is 5.71. The minimum absolute atomic E-state index is 0.0668. The van der Waals surface area contributed by atoms with Crippen LogP contribution in [0.1, 0.15) is 40.0 Å². The Kier molecular flexibility index (Phi) is 2.63. The van der Waals surface area contributed by atoms with E-state index in [2.05, 4.69) is 20.8 Å². The lowest BCUT2D eigenvalue weighted by Gasteiger charge is -2.39. The third-order valence-corrected chi connectivity index (χ3v) is 3.51. The van der Waals surface area contributed by atoms with Gasteiger partial charge in [-0.3, -0.25) is 4.79 Å². The molecule has 3 heteroatoms. The van der Waals surface area contributed by atoms with Gasteiger partial charge >= 0.3 is 0 Å². The quantitative estimate of drug-likeness (QED) is 0.617. The molecular formula is C12H20O3. The number of ether oxygens (including phenoxy) is 2. The van der Waals surface area contributed by atoms with Crippen LogP contribution < -0.4 is 0 Å². The van der Waals surface area contributed by atoms with Crippen molar-refractivity contribution in [3.63, 3.8) is 0 Å². The predicted molar refractivity (Wildman–Crippen MR) is 56.4 cm³/mol. The van der Waals surface area contributed by atoms with Crippen LogP contribution in [-0.2, 0) is 14.3 Å². The summed E-state index contributed by atoms with van der Waals surface area (Å²) < 4.78 is 11.1. The van der Waals surface area contributed by atoms with Gasteiger partial charge in [0, 0.05) is 12.3 Å². The SMILES string of the molecule is CC(C)(C)[C@H]1CCC2(CC1=O)OCCO2. The highest BCUT2D eigenvalue weighted by Crippen LogP contribution is 2.42. The molecule has 0 aromatic rings. The Morgan fingerprint density at radius 3 is 2.33 bits per heavy atom. The Morgan fingerprint density at radius 2 is 1.87 bits per heavy atom. The van der Waals surface area contributed by atoms with E-state index >= 15 is 0 Å². The molecule has 0 amide bonds. The Morgan fingerprint density at radius 1 is 1.27 bits per heavy atom. The van der Waals surface area contributed by atoms with E-state index in [0.717, 1.165) is 12.8 Å². The number of carbonyl (C=O) groups is 1. The fourth-order valence-corrected chi connectivity index (χ4v) is 2.66. The molecule has 1 saturated heterocycles. The zero-order valence-corrected chi connectivity index (χ0v) is 9.84. The molecule has 0 bridgehead atoms. The summed E-state index contributed by atoms with van der Waals surface area (Å²) in [5, 5.41) is 0. The topological polar surface area (TPSA) is 35.5 Å². The van der Waals surface area contributed by atoms with Gasteiger partial charge in [0.25, 0.3) is 0 Å². The molecule has 1 aliphatic heterocycles. The van der Waals surface area contributed by atoms with Crippen LogP contribution in [0.5, 0.6) is 0 Å². The summed E-state index contributed by atoms with van der Waals surface area (Å²) in [6, 6.07) is 0. The van der Waals surface area contributed by atoms with Crippen molar-refractivity contribution < 1.29 is 14.3 Å². The number of hydrogen-bond donors (Lipinski definition) is 0. The first-order valence-electron chi connectivity index (χ1n) is 5.74. The standard InChI is InChI=1S/C12H20O3/c1-11(2,3)9-4-5-12(8-10(9)13)14-6-7-15-12/h9H,4-8H2,1-3H3/t9-/m0/s1. The van der Waals surface area contributed by atoms with Crippen LogP contribution in [0.25, 0.3) is 0 Å². The van der Waals surface area contributed by atoms with Crippen molar-refractivity contribution in [3.05, 3.63) is 0 Å². The molecule has 1 spiro atoms. The molecule has 1 atom stereocenters. The Balaban J connectivity index is 2.06. The normalized spacial score (nSPS) is 31.1. The molecule has 1 saturated carbocycles. The number of ketones is 1. The van der Waals surface area contributed by atoms with E-state index in [0.29, 0.717) is 25.4 Å². The first-order valence-corrected chi connectivity index (χ1v) is 5.74. The first-order chi connectivity index (χ1) is 6.93. The van der Waals surface area contributed by atoms with Crippen LogP contribution in [0, 0.1) is 11.3 Å². The number of carbonyl (C=O) groups excluding carboxylic acids is 1. The Hall–Kier alpha value is -0.410. The van der Waals surface area contributed by atoms with Crippen molar-refractivity contribution in [3.8, 4) is 0 Å². The molecule has 0 radical (unpaired) electrons. The summed E-state index contributed by atoms with van der Waals surface area (Å²) in [6.45, 7) is 7.65. The Labute approximate surface area is 91.1 Å². The first kappa shape index (κ1) is 11.1. The summed E-state index contributed by atoms with van der Waals surface area (Å²) in [6.07, 6.45) is 2.19. The summed E-state index contributed by atoms with van der Waals surface area (Å²) in [4.78, 5) is 12.0. The lowest BCUT2D eigenvalue weighted by Crippen LogP contribution is -2.44. The number of hydrogen-bond acceptors (Lipinski definition) is 3. The molecule has 3 nitrogen and oxygen atoms in total.